The maximum Gasteiger partial charge on any atom is 0.0405 e. The molecule has 0 bridgehead atoms. The second kappa shape index (κ2) is 3.37. The Morgan fingerprint density at radius 2 is 1.55 bits per heavy atom. The fraction of sp³-hybridized carbons (Fsp3) is 0.250. The van der Waals surface area contributed by atoms with Crippen LogP contribution in [0.25, 0.3) is 0 Å². The highest BCUT2D eigenvalue weighted by Crippen LogP contribution is 2.15. The third kappa shape index (κ3) is 1.50. The van der Waals surface area contributed by atoms with Gasteiger partial charge in [-0.15, -0.1) is 0 Å². The number of nitrogen functional groups attached to an aromatic ring is 1. The first-order valence-corrected chi connectivity index (χ1v) is 3.47. The summed E-state index contributed by atoms with van der Waals surface area (Å²) in [6.07, 6.45) is 0. The van der Waals surface area contributed by atoms with Gasteiger partial charge in [0.1, 0.15) is 0 Å². The summed E-state index contributed by atoms with van der Waals surface area (Å²) in [5, 5.41) is 0. The van der Waals surface area contributed by atoms with Gasteiger partial charge < -0.3 is 17.2 Å². The van der Waals surface area contributed by atoms with Gasteiger partial charge >= 0.3 is 0 Å². The number of benzene rings is 1. The van der Waals surface area contributed by atoms with Crippen LogP contribution in [0.5, 0.6) is 0 Å². The Kier molecular flexibility index (Phi) is 2.46. The van der Waals surface area contributed by atoms with Crippen molar-refractivity contribution >= 4 is 5.69 Å². The smallest absolute Gasteiger partial charge is 0.0405 e. The van der Waals surface area contributed by atoms with Gasteiger partial charge in [0.25, 0.3) is 0 Å². The standard InChI is InChI=1S/C8H12N3/c9-4-6-2-1-3-7(5-10)8(6)11/h2-3H,4-5,9-11H2. The summed E-state index contributed by atoms with van der Waals surface area (Å²) in [6.45, 7) is 0.881. The van der Waals surface area contributed by atoms with Crippen molar-refractivity contribution in [3.63, 3.8) is 0 Å². The third-order valence-corrected chi connectivity index (χ3v) is 1.65. The summed E-state index contributed by atoms with van der Waals surface area (Å²) in [6, 6.07) is 6.50. The molecule has 0 spiro atoms. The third-order valence-electron chi connectivity index (χ3n) is 1.65. The fourth-order valence-corrected chi connectivity index (χ4v) is 0.942. The molecular weight excluding hydrogens is 138 g/mol. The second-order valence-electron chi connectivity index (χ2n) is 2.33. The van der Waals surface area contributed by atoms with E-state index < -0.39 is 0 Å². The van der Waals surface area contributed by atoms with E-state index in [2.05, 4.69) is 6.07 Å². The highest BCUT2D eigenvalue weighted by molar-refractivity contribution is 5.53. The molecule has 3 nitrogen and oxygen atoms in total. The van der Waals surface area contributed by atoms with E-state index >= 15 is 0 Å². The molecule has 1 rings (SSSR count). The number of nitrogens with two attached hydrogens (primary N) is 3. The van der Waals surface area contributed by atoms with Gasteiger partial charge in [0.2, 0.25) is 0 Å². The molecule has 0 aliphatic carbocycles. The molecule has 6 N–H and O–H groups in total. The van der Waals surface area contributed by atoms with Crippen LogP contribution in [-0.4, -0.2) is 0 Å². The molecule has 0 fully saturated rings. The largest absolute Gasteiger partial charge is 0.398 e. The molecule has 0 saturated heterocycles. The van der Waals surface area contributed by atoms with Crippen molar-refractivity contribution in [3.05, 3.63) is 29.3 Å². The lowest BCUT2D eigenvalue weighted by Gasteiger charge is -2.06. The number of anilines is 1. The van der Waals surface area contributed by atoms with Crippen LogP contribution in [0, 0.1) is 6.07 Å². The maximum absolute atomic E-state index is 5.72. The van der Waals surface area contributed by atoms with E-state index in [4.69, 9.17) is 17.2 Å². The number of hydrogen-bond acceptors (Lipinski definition) is 3. The molecule has 0 heterocycles. The monoisotopic (exact) mass is 150 g/mol. The van der Waals surface area contributed by atoms with Gasteiger partial charge in [0, 0.05) is 18.8 Å². The molecule has 1 radical (unpaired) electrons. The van der Waals surface area contributed by atoms with Gasteiger partial charge in [-0.3, -0.25) is 0 Å². The number of rotatable bonds is 2. The van der Waals surface area contributed by atoms with E-state index in [0.29, 0.717) is 18.8 Å². The van der Waals surface area contributed by atoms with Crippen molar-refractivity contribution < 1.29 is 0 Å². The Hall–Kier alpha value is -1.06. The van der Waals surface area contributed by atoms with Gasteiger partial charge in [-0.05, 0) is 29.3 Å². The lowest BCUT2D eigenvalue weighted by Crippen LogP contribution is -2.07. The van der Waals surface area contributed by atoms with Gasteiger partial charge in [-0.1, -0.05) is 0 Å². The van der Waals surface area contributed by atoms with Gasteiger partial charge in [0.15, 0.2) is 0 Å². The first-order chi connectivity index (χ1) is 5.29. The van der Waals surface area contributed by atoms with Crippen LogP contribution >= 0.6 is 0 Å². The van der Waals surface area contributed by atoms with Gasteiger partial charge in [-0.25, -0.2) is 0 Å². The molecule has 0 saturated carbocycles. The van der Waals surface area contributed by atoms with Crippen molar-refractivity contribution in [2.24, 2.45) is 11.5 Å². The molecule has 0 atom stereocenters. The predicted octanol–water partition coefficient (Wildman–Crippen LogP) is -0.0136. The Balaban J connectivity index is 3.10. The fourth-order valence-electron chi connectivity index (χ4n) is 0.942. The maximum atomic E-state index is 5.72. The summed E-state index contributed by atoms with van der Waals surface area (Å²) >= 11 is 0. The topological polar surface area (TPSA) is 78.1 Å². The highest BCUT2D eigenvalue weighted by atomic mass is 14.6. The Bertz CT molecular complexity index is 223. The first kappa shape index (κ1) is 8.04. The molecule has 0 unspecified atom stereocenters. The predicted molar refractivity (Wildman–Crippen MR) is 45.5 cm³/mol. The van der Waals surface area contributed by atoms with Crippen LogP contribution in [0.1, 0.15) is 11.1 Å². The van der Waals surface area contributed by atoms with Crippen LogP contribution in [0.4, 0.5) is 5.69 Å². The zero-order valence-corrected chi connectivity index (χ0v) is 6.30. The quantitative estimate of drug-likeness (QED) is 0.519. The summed E-state index contributed by atoms with van der Waals surface area (Å²) < 4.78 is 0. The molecule has 1 aromatic carbocycles. The average molecular weight is 150 g/mol. The van der Waals surface area contributed by atoms with Crippen molar-refractivity contribution in [2.75, 3.05) is 5.73 Å². The molecule has 0 amide bonds. The molecule has 59 valence electrons. The molecule has 0 aliphatic rings. The minimum Gasteiger partial charge on any atom is -0.398 e. The van der Waals surface area contributed by atoms with Crippen LogP contribution in [0.15, 0.2) is 12.1 Å². The minimum atomic E-state index is 0.441. The summed E-state index contributed by atoms with van der Waals surface area (Å²) in [4.78, 5) is 0. The van der Waals surface area contributed by atoms with Crippen molar-refractivity contribution in [1.82, 2.24) is 0 Å². The second-order valence-corrected chi connectivity index (χ2v) is 2.33. The van der Waals surface area contributed by atoms with E-state index in [-0.39, 0.29) is 0 Å². The van der Waals surface area contributed by atoms with Crippen molar-refractivity contribution in [3.8, 4) is 0 Å². The van der Waals surface area contributed by atoms with E-state index in [0.717, 1.165) is 11.1 Å². The van der Waals surface area contributed by atoms with E-state index in [1.165, 1.54) is 0 Å². The molecule has 0 aliphatic heterocycles. The lowest BCUT2D eigenvalue weighted by atomic mass is 10.1. The van der Waals surface area contributed by atoms with Crippen molar-refractivity contribution in [1.29, 1.82) is 0 Å². The molecule has 11 heavy (non-hydrogen) atoms. The summed E-state index contributed by atoms with van der Waals surface area (Å²) in [5.41, 5.74) is 19.1. The average Bonchev–Trinajstić information content (AvgIpc) is 2.05. The zero-order valence-electron chi connectivity index (χ0n) is 6.30. The Labute approximate surface area is 66.2 Å². The lowest BCUT2D eigenvalue weighted by molar-refractivity contribution is 1.03. The summed E-state index contributed by atoms with van der Waals surface area (Å²) in [5.74, 6) is 0. The van der Waals surface area contributed by atoms with Crippen LogP contribution < -0.4 is 17.2 Å². The number of hydrogen-bond donors (Lipinski definition) is 3. The van der Waals surface area contributed by atoms with E-state index in [1.807, 2.05) is 0 Å². The zero-order chi connectivity index (χ0) is 8.27. The molecule has 1 aromatic rings. The van der Waals surface area contributed by atoms with Gasteiger partial charge in [0.05, 0.1) is 0 Å². The normalized spacial score (nSPS) is 10.0. The van der Waals surface area contributed by atoms with Gasteiger partial charge in [-0.2, -0.15) is 0 Å². The molecular formula is C8H12N3. The highest BCUT2D eigenvalue weighted by Gasteiger charge is 2.00. The Morgan fingerprint density at radius 3 is 1.91 bits per heavy atom. The Morgan fingerprint density at radius 1 is 1.09 bits per heavy atom. The van der Waals surface area contributed by atoms with Crippen LogP contribution in [-0.2, 0) is 13.1 Å². The van der Waals surface area contributed by atoms with E-state index in [9.17, 15) is 0 Å². The summed E-state index contributed by atoms with van der Waals surface area (Å²) in [7, 11) is 0. The molecule has 3 heteroatoms. The minimum absolute atomic E-state index is 0.441. The van der Waals surface area contributed by atoms with Crippen LogP contribution in [0.3, 0.4) is 0 Å². The van der Waals surface area contributed by atoms with E-state index in [1.54, 1.807) is 12.1 Å². The molecule has 0 aromatic heterocycles. The van der Waals surface area contributed by atoms with Crippen molar-refractivity contribution in [2.45, 2.75) is 13.1 Å². The first-order valence-electron chi connectivity index (χ1n) is 3.47. The SMILES string of the molecule is NCc1c[c]cc(CN)c1N. The van der Waals surface area contributed by atoms with Crippen LogP contribution in [0.2, 0.25) is 0 Å².